The second kappa shape index (κ2) is 8.15. The van der Waals surface area contributed by atoms with Crippen molar-refractivity contribution in [3.8, 4) is 0 Å². The highest BCUT2D eigenvalue weighted by atomic mass is 32.2. The first-order valence-corrected chi connectivity index (χ1v) is 9.86. The predicted octanol–water partition coefficient (Wildman–Crippen LogP) is 3.26. The van der Waals surface area contributed by atoms with Gasteiger partial charge in [0.15, 0.2) is 0 Å². The Labute approximate surface area is 138 Å². The van der Waals surface area contributed by atoms with Crippen LogP contribution in [0.15, 0.2) is 59.5 Å². The van der Waals surface area contributed by atoms with E-state index in [1.807, 2.05) is 60.9 Å². The van der Waals surface area contributed by atoms with E-state index in [1.165, 1.54) is 11.8 Å². The number of carbonyl (C=O) groups excluding carboxylic acids is 1. The minimum absolute atomic E-state index is 0.135. The van der Waals surface area contributed by atoms with E-state index in [-0.39, 0.29) is 11.9 Å². The number of benzene rings is 2. The molecule has 116 valence electrons. The van der Waals surface area contributed by atoms with Gasteiger partial charge in [0, 0.05) is 27.7 Å². The van der Waals surface area contributed by atoms with Crippen LogP contribution in [0, 0.1) is 0 Å². The molecule has 0 aliphatic rings. The van der Waals surface area contributed by atoms with Crippen molar-refractivity contribution in [2.24, 2.45) is 0 Å². The van der Waals surface area contributed by atoms with Gasteiger partial charge in [0.05, 0.1) is 11.6 Å². The normalized spacial score (nSPS) is 13.4. The molecule has 1 amide bonds. The number of carbonyl (C=O) groups is 1. The molecule has 2 rings (SSSR count). The molecule has 1 N–H and O–H groups in total. The summed E-state index contributed by atoms with van der Waals surface area (Å²) in [6, 6.07) is 16.9. The van der Waals surface area contributed by atoms with Crippen LogP contribution in [0.3, 0.4) is 0 Å². The summed E-state index contributed by atoms with van der Waals surface area (Å²) < 4.78 is 11.6. The fraction of sp³-hybridized carbons (Fsp3) is 0.235. The minimum Gasteiger partial charge on any atom is -0.344 e. The van der Waals surface area contributed by atoms with E-state index in [0.717, 1.165) is 10.5 Å². The summed E-state index contributed by atoms with van der Waals surface area (Å²) in [4.78, 5) is 13.5. The van der Waals surface area contributed by atoms with Crippen molar-refractivity contribution < 1.29 is 9.00 Å². The first-order valence-electron chi connectivity index (χ1n) is 6.90. The van der Waals surface area contributed by atoms with Crippen molar-refractivity contribution in [1.29, 1.82) is 0 Å². The highest BCUT2D eigenvalue weighted by Crippen LogP contribution is 2.21. The molecular formula is C17H19NO2S2. The van der Waals surface area contributed by atoms with E-state index in [2.05, 4.69) is 5.32 Å². The number of hydrogen-bond acceptors (Lipinski definition) is 3. The molecule has 3 nitrogen and oxygen atoms in total. The summed E-state index contributed by atoms with van der Waals surface area (Å²) in [6.45, 7) is 0. The molecule has 0 aliphatic heterocycles. The summed E-state index contributed by atoms with van der Waals surface area (Å²) in [5.74, 6) is 0.265. The van der Waals surface area contributed by atoms with Gasteiger partial charge in [-0.15, -0.1) is 11.8 Å². The quantitative estimate of drug-likeness (QED) is 0.826. The van der Waals surface area contributed by atoms with Crippen LogP contribution in [0.2, 0.25) is 0 Å². The molecule has 0 fully saturated rings. The topological polar surface area (TPSA) is 46.2 Å². The molecule has 0 aromatic heterocycles. The van der Waals surface area contributed by atoms with Gasteiger partial charge < -0.3 is 5.32 Å². The van der Waals surface area contributed by atoms with Gasteiger partial charge in [0.25, 0.3) is 5.91 Å². The summed E-state index contributed by atoms with van der Waals surface area (Å²) in [5, 5.41) is 3.01. The Kier molecular flexibility index (Phi) is 6.21. The van der Waals surface area contributed by atoms with E-state index in [4.69, 9.17) is 0 Å². The zero-order chi connectivity index (χ0) is 15.9. The van der Waals surface area contributed by atoms with Gasteiger partial charge in [0.1, 0.15) is 0 Å². The standard InChI is InChI=1S/C17H19NO2S2/c1-21-16-11-7-6-10-14(16)17(19)18-15(12-22(2)20)13-8-4-3-5-9-13/h3-11,15H,12H2,1-2H3,(H,18,19)/t15-,22+/m1/s1. The zero-order valence-electron chi connectivity index (χ0n) is 12.6. The third-order valence-electron chi connectivity index (χ3n) is 3.26. The molecule has 0 radical (unpaired) electrons. The Morgan fingerprint density at radius 1 is 1.14 bits per heavy atom. The zero-order valence-corrected chi connectivity index (χ0v) is 14.2. The molecule has 0 saturated carbocycles. The van der Waals surface area contributed by atoms with Crippen LogP contribution >= 0.6 is 11.8 Å². The van der Waals surface area contributed by atoms with Crippen LogP contribution in [0.4, 0.5) is 0 Å². The Morgan fingerprint density at radius 3 is 2.41 bits per heavy atom. The number of hydrogen-bond donors (Lipinski definition) is 1. The van der Waals surface area contributed by atoms with Crippen LogP contribution in [-0.2, 0) is 10.8 Å². The number of thioether (sulfide) groups is 1. The molecule has 2 aromatic rings. The van der Waals surface area contributed by atoms with Gasteiger partial charge >= 0.3 is 0 Å². The first kappa shape index (κ1) is 16.8. The van der Waals surface area contributed by atoms with Crippen LogP contribution in [0.5, 0.6) is 0 Å². The van der Waals surface area contributed by atoms with Gasteiger partial charge in [-0.25, -0.2) is 0 Å². The Balaban J connectivity index is 2.23. The van der Waals surface area contributed by atoms with E-state index in [0.29, 0.717) is 11.3 Å². The maximum absolute atomic E-state index is 12.6. The van der Waals surface area contributed by atoms with Crippen molar-refractivity contribution in [2.45, 2.75) is 10.9 Å². The lowest BCUT2D eigenvalue weighted by Gasteiger charge is -2.19. The number of amides is 1. The van der Waals surface area contributed by atoms with Crippen LogP contribution < -0.4 is 5.32 Å². The second-order valence-corrected chi connectivity index (χ2v) is 7.20. The summed E-state index contributed by atoms with van der Waals surface area (Å²) in [6.07, 6.45) is 3.60. The van der Waals surface area contributed by atoms with E-state index < -0.39 is 10.8 Å². The molecule has 0 heterocycles. The Hall–Kier alpha value is -1.59. The van der Waals surface area contributed by atoms with Crippen LogP contribution in [-0.4, -0.2) is 28.4 Å². The van der Waals surface area contributed by atoms with Crippen molar-refractivity contribution >= 4 is 28.5 Å². The number of rotatable bonds is 6. The third-order valence-corrected chi connectivity index (χ3v) is 4.86. The predicted molar refractivity (Wildman–Crippen MR) is 93.8 cm³/mol. The highest BCUT2D eigenvalue weighted by molar-refractivity contribution is 7.98. The van der Waals surface area contributed by atoms with Crippen molar-refractivity contribution in [3.05, 3.63) is 65.7 Å². The molecule has 2 aromatic carbocycles. The maximum atomic E-state index is 12.6. The largest absolute Gasteiger partial charge is 0.344 e. The molecule has 5 heteroatoms. The smallest absolute Gasteiger partial charge is 0.252 e. The summed E-state index contributed by atoms with van der Waals surface area (Å²) in [5.41, 5.74) is 1.62. The fourth-order valence-electron chi connectivity index (χ4n) is 2.21. The lowest BCUT2D eigenvalue weighted by Crippen LogP contribution is -2.32. The molecule has 2 atom stereocenters. The molecular weight excluding hydrogens is 314 g/mol. The van der Waals surface area contributed by atoms with Crippen molar-refractivity contribution in [3.63, 3.8) is 0 Å². The first-order chi connectivity index (χ1) is 10.6. The van der Waals surface area contributed by atoms with Crippen LogP contribution in [0.25, 0.3) is 0 Å². The molecule has 0 bridgehead atoms. The average molecular weight is 333 g/mol. The SMILES string of the molecule is CSc1ccccc1C(=O)N[C@H](C[S@](C)=O)c1ccccc1. The van der Waals surface area contributed by atoms with Gasteiger partial charge in [-0.3, -0.25) is 9.00 Å². The maximum Gasteiger partial charge on any atom is 0.252 e. The van der Waals surface area contributed by atoms with E-state index in [1.54, 1.807) is 6.26 Å². The fourth-order valence-corrected chi connectivity index (χ4v) is 3.55. The summed E-state index contributed by atoms with van der Waals surface area (Å²) in [7, 11) is -0.996. The second-order valence-electron chi connectivity index (χ2n) is 4.88. The van der Waals surface area contributed by atoms with Gasteiger partial charge in [0.2, 0.25) is 0 Å². The van der Waals surface area contributed by atoms with Gasteiger partial charge in [-0.1, -0.05) is 42.5 Å². The Morgan fingerprint density at radius 2 is 1.77 bits per heavy atom. The van der Waals surface area contributed by atoms with Crippen molar-refractivity contribution in [1.82, 2.24) is 5.32 Å². The summed E-state index contributed by atoms with van der Waals surface area (Å²) >= 11 is 1.54. The van der Waals surface area contributed by atoms with Gasteiger partial charge in [-0.2, -0.15) is 0 Å². The lowest BCUT2D eigenvalue weighted by molar-refractivity contribution is 0.0937. The Bertz CT molecular complexity index is 659. The number of nitrogens with one attached hydrogen (secondary N) is 1. The molecule has 0 aliphatic carbocycles. The van der Waals surface area contributed by atoms with Gasteiger partial charge in [-0.05, 0) is 24.0 Å². The van der Waals surface area contributed by atoms with Crippen molar-refractivity contribution in [2.75, 3.05) is 18.3 Å². The minimum atomic E-state index is -0.996. The third kappa shape index (κ3) is 4.45. The molecule has 0 spiro atoms. The molecule has 22 heavy (non-hydrogen) atoms. The molecule has 0 saturated heterocycles. The highest BCUT2D eigenvalue weighted by Gasteiger charge is 2.18. The van der Waals surface area contributed by atoms with Crippen LogP contribution in [0.1, 0.15) is 22.0 Å². The van der Waals surface area contributed by atoms with E-state index >= 15 is 0 Å². The molecule has 0 unspecified atom stereocenters. The monoisotopic (exact) mass is 333 g/mol. The average Bonchev–Trinajstić information content (AvgIpc) is 2.54. The van der Waals surface area contributed by atoms with E-state index in [9.17, 15) is 9.00 Å². The lowest BCUT2D eigenvalue weighted by atomic mass is 10.1.